The smallest absolute Gasteiger partial charge is 0.157 e. The molecular formula is C12H15N3O2. The first-order valence-corrected chi connectivity index (χ1v) is 5.39. The van der Waals surface area contributed by atoms with Gasteiger partial charge >= 0.3 is 0 Å². The largest absolute Gasteiger partial charge is 0.504 e. The number of aromatic hydroxyl groups is 2. The maximum absolute atomic E-state index is 9.36. The Labute approximate surface area is 99.1 Å². The van der Waals surface area contributed by atoms with Crippen molar-refractivity contribution in [1.82, 2.24) is 15.5 Å². The summed E-state index contributed by atoms with van der Waals surface area (Å²) >= 11 is 0. The molecule has 1 heterocycles. The van der Waals surface area contributed by atoms with Gasteiger partial charge in [-0.05, 0) is 24.6 Å². The first-order chi connectivity index (χ1) is 8.16. The van der Waals surface area contributed by atoms with Crippen LogP contribution in [0.3, 0.4) is 0 Å². The average molecular weight is 233 g/mol. The van der Waals surface area contributed by atoms with Crippen LogP contribution in [0, 0.1) is 0 Å². The van der Waals surface area contributed by atoms with Crippen molar-refractivity contribution < 1.29 is 10.2 Å². The van der Waals surface area contributed by atoms with E-state index in [-0.39, 0.29) is 17.5 Å². The number of aromatic nitrogens is 2. The molecule has 4 N–H and O–H groups in total. The summed E-state index contributed by atoms with van der Waals surface area (Å²) in [7, 11) is 0. The standard InChI is InChI=1S/C12H15N3O2/c1-8(10-6-14-15-7-10)13-5-9-2-3-11(16)12(17)4-9/h2-4,6-8,13,16-17H,5H2,1H3,(H,14,15). The third kappa shape index (κ3) is 2.76. The molecule has 0 fully saturated rings. The van der Waals surface area contributed by atoms with E-state index < -0.39 is 0 Å². The molecule has 0 saturated heterocycles. The maximum atomic E-state index is 9.36. The Bertz CT molecular complexity index is 483. The molecule has 17 heavy (non-hydrogen) atoms. The number of nitrogens with zero attached hydrogens (tertiary/aromatic N) is 1. The maximum Gasteiger partial charge on any atom is 0.157 e. The van der Waals surface area contributed by atoms with E-state index >= 15 is 0 Å². The highest BCUT2D eigenvalue weighted by Crippen LogP contribution is 2.25. The Morgan fingerprint density at radius 2 is 2.18 bits per heavy atom. The molecular weight excluding hydrogens is 218 g/mol. The molecule has 0 amide bonds. The molecule has 5 nitrogen and oxygen atoms in total. The number of aromatic amines is 1. The van der Waals surface area contributed by atoms with Crippen LogP contribution in [0.15, 0.2) is 30.6 Å². The van der Waals surface area contributed by atoms with Crippen LogP contribution in [0.25, 0.3) is 0 Å². The van der Waals surface area contributed by atoms with Gasteiger partial charge in [-0.15, -0.1) is 0 Å². The van der Waals surface area contributed by atoms with Gasteiger partial charge in [0, 0.05) is 24.3 Å². The Kier molecular flexibility index (Phi) is 3.30. The van der Waals surface area contributed by atoms with Gasteiger partial charge in [0.2, 0.25) is 0 Å². The van der Waals surface area contributed by atoms with E-state index in [0.717, 1.165) is 11.1 Å². The Balaban J connectivity index is 1.96. The number of benzene rings is 1. The SMILES string of the molecule is CC(NCc1ccc(O)c(O)c1)c1cn[nH]c1. The van der Waals surface area contributed by atoms with Crippen LogP contribution < -0.4 is 5.32 Å². The molecule has 0 aliphatic rings. The van der Waals surface area contributed by atoms with E-state index in [0.29, 0.717) is 6.54 Å². The summed E-state index contributed by atoms with van der Waals surface area (Å²) in [5.74, 6) is -0.197. The number of hydrogen-bond acceptors (Lipinski definition) is 4. The summed E-state index contributed by atoms with van der Waals surface area (Å²) in [4.78, 5) is 0. The first kappa shape index (κ1) is 11.5. The third-order valence-electron chi connectivity index (χ3n) is 2.67. The Morgan fingerprint density at radius 1 is 1.35 bits per heavy atom. The second kappa shape index (κ2) is 4.88. The summed E-state index contributed by atoms with van der Waals surface area (Å²) in [6, 6.07) is 4.97. The van der Waals surface area contributed by atoms with Crippen molar-refractivity contribution in [2.75, 3.05) is 0 Å². The molecule has 2 rings (SSSR count). The lowest BCUT2D eigenvalue weighted by atomic mass is 10.1. The number of rotatable bonds is 4. The van der Waals surface area contributed by atoms with Crippen molar-refractivity contribution in [3.05, 3.63) is 41.7 Å². The Morgan fingerprint density at radius 3 is 2.82 bits per heavy atom. The molecule has 0 aliphatic carbocycles. The van der Waals surface area contributed by atoms with Gasteiger partial charge in [0.1, 0.15) is 0 Å². The van der Waals surface area contributed by atoms with E-state index in [1.54, 1.807) is 18.3 Å². The van der Waals surface area contributed by atoms with E-state index in [9.17, 15) is 10.2 Å². The van der Waals surface area contributed by atoms with Crippen molar-refractivity contribution in [2.24, 2.45) is 0 Å². The minimum absolute atomic E-state index is 0.0970. The number of hydrogen-bond donors (Lipinski definition) is 4. The molecule has 0 spiro atoms. The highest BCUT2D eigenvalue weighted by molar-refractivity contribution is 5.40. The van der Waals surface area contributed by atoms with E-state index in [2.05, 4.69) is 15.5 Å². The lowest BCUT2D eigenvalue weighted by molar-refractivity contribution is 0.402. The molecule has 0 radical (unpaired) electrons. The summed E-state index contributed by atoms with van der Waals surface area (Å²) in [5.41, 5.74) is 1.99. The fourth-order valence-corrected chi connectivity index (χ4v) is 1.57. The monoisotopic (exact) mass is 233 g/mol. The van der Waals surface area contributed by atoms with Crippen LogP contribution in [0.1, 0.15) is 24.1 Å². The lowest BCUT2D eigenvalue weighted by Gasteiger charge is -2.12. The zero-order valence-electron chi connectivity index (χ0n) is 9.51. The second-order valence-corrected chi connectivity index (χ2v) is 3.96. The van der Waals surface area contributed by atoms with Gasteiger partial charge < -0.3 is 15.5 Å². The molecule has 0 saturated carbocycles. The van der Waals surface area contributed by atoms with Crippen LogP contribution in [0.4, 0.5) is 0 Å². The second-order valence-electron chi connectivity index (χ2n) is 3.96. The molecule has 0 aliphatic heterocycles. The summed E-state index contributed by atoms with van der Waals surface area (Å²) in [6.45, 7) is 2.64. The predicted octanol–water partition coefficient (Wildman–Crippen LogP) is 1.67. The van der Waals surface area contributed by atoms with Gasteiger partial charge in [0.25, 0.3) is 0 Å². The topological polar surface area (TPSA) is 81.2 Å². The normalized spacial score (nSPS) is 12.5. The van der Waals surface area contributed by atoms with Crippen LogP contribution in [-0.4, -0.2) is 20.4 Å². The number of nitrogens with one attached hydrogen (secondary N) is 2. The van der Waals surface area contributed by atoms with E-state index in [4.69, 9.17) is 0 Å². The van der Waals surface area contributed by atoms with Crippen molar-refractivity contribution in [2.45, 2.75) is 19.5 Å². The first-order valence-electron chi connectivity index (χ1n) is 5.39. The molecule has 0 bridgehead atoms. The predicted molar refractivity (Wildman–Crippen MR) is 63.6 cm³/mol. The van der Waals surface area contributed by atoms with Crippen molar-refractivity contribution >= 4 is 0 Å². The van der Waals surface area contributed by atoms with Gasteiger partial charge in [-0.1, -0.05) is 6.07 Å². The minimum atomic E-state index is -0.100. The average Bonchev–Trinajstić information content (AvgIpc) is 2.84. The zero-order valence-corrected chi connectivity index (χ0v) is 9.51. The summed E-state index contributed by atoms with van der Waals surface area (Å²) < 4.78 is 0. The van der Waals surface area contributed by atoms with Gasteiger partial charge in [-0.2, -0.15) is 5.10 Å². The molecule has 1 unspecified atom stereocenters. The van der Waals surface area contributed by atoms with Crippen molar-refractivity contribution in [3.63, 3.8) is 0 Å². The highest BCUT2D eigenvalue weighted by Gasteiger charge is 2.06. The fraction of sp³-hybridized carbons (Fsp3) is 0.250. The van der Waals surface area contributed by atoms with Crippen molar-refractivity contribution in [3.8, 4) is 11.5 Å². The number of H-pyrrole nitrogens is 1. The van der Waals surface area contributed by atoms with Crippen LogP contribution in [-0.2, 0) is 6.54 Å². The summed E-state index contributed by atoms with van der Waals surface area (Å²) in [5, 5.41) is 28.5. The minimum Gasteiger partial charge on any atom is -0.504 e. The molecule has 1 aromatic heterocycles. The van der Waals surface area contributed by atoms with Crippen molar-refractivity contribution in [1.29, 1.82) is 0 Å². The Hall–Kier alpha value is -2.01. The molecule has 1 atom stereocenters. The van der Waals surface area contributed by atoms with E-state index in [1.807, 2.05) is 13.1 Å². The van der Waals surface area contributed by atoms with Crippen LogP contribution in [0.5, 0.6) is 11.5 Å². The lowest BCUT2D eigenvalue weighted by Crippen LogP contribution is -2.17. The fourth-order valence-electron chi connectivity index (χ4n) is 1.57. The molecule has 2 aromatic rings. The van der Waals surface area contributed by atoms with Crippen LogP contribution >= 0.6 is 0 Å². The zero-order chi connectivity index (χ0) is 12.3. The molecule has 90 valence electrons. The highest BCUT2D eigenvalue weighted by atomic mass is 16.3. The third-order valence-corrected chi connectivity index (χ3v) is 2.67. The number of phenolic OH excluding ortho intramolecular Hbond substituents is 2. The van der Waals surface area contributed by atoms with Gasteiger partial charge in [-0.3, -0.25) is 5.10 Å². The van der Waals surface area contributed by atoms with Crippen LogP contribution in [0.2, 0.25) is 0 Å². The van der Waals surface area contributed by atoms with E-state index in [1.165, 1.54) is 6.07 Å². The van der Waals surface area contributed by atoms with Gasteiger partial charge in [-0.25, -0.2) is 0 Å². The summed E-state index contributed by atoms with van der Waals surface area (Å²) in [6.07, 6.45) is 3.61. The van der Waals surface area contributed by atoms with Gasteiger partial charge in [0.15, 0.2) is 11.5 Å². The number of phenols is 2. The molecule has 1 aromatic carbocycles. The molecule has 5 heteroatoms. The quantitative estimate of drug-likeness (QED) is 0.605. The van der Waals surface area contributed by atoms with Gasteiger partial charge in [0.05, 0.1) is 6.20 Å².